The number of para-hydroxylation sites is 1. The lowest BCUT2D eigenvalue weighted by atomic mass is 10.0. The van der Waals surface area contributed by atoms with Crippen molar-refractivity contribution in [1.82, 2.24) is 10.3 Å². The van der Waals surface area contributed by atoms with E-state index in [1.807, 2.05) is 24.3 Å². The molecule has 1 aromatic heterocycles. The van der Waals surface area contributed by atoms with Gasteiger partial charge in [0.2, 0.25) is 0 Å². The smallest absolute Gasteiger partial charge is 0.0907 e. The Hall–Kier alpha value is -1.45. The van der Waals surface area contributed by atoms with Crippen LogP contribution in [0, 0.1) is 0 Å². The zero-order valence-corrected chi connectivity index (χ0v) is 9.94. The SMILES string of the molecule is CC1(OCc2ccc3ccccc3n2)CNC1. The predicted molar refractivity (Wildman–Crippen MR) is 67.8 cm³/mol. The lowest BCUT2D eigenvalue weighted by Gasteiger charge is -2.38. The van der Waals surface area contributed by atoms with Gasteiger partial charge in [0.1, 0.15) is 0 Å². The van der Waals surface area contributed by atoms with E-state index in [4.69, 9.17) is 4.74 Å². The first kappa shape index (κ1) is 10.7. The summed E-state index contributed by atoms with van der Waals surface area (Å²) in [7, 11) is 0. The van der Waals surface area contributed by atoms with Crippen molar-refractivity contribution in [1.29, 1.82) is 0 Å². The molecular weight excluding hydrogens is 212 g/mol. The van der Waals surface area contributed by atoms with Crippen LogP contribution in [0.1, 0.15) is 12.6 Å². The van der Waals surface area contributed by atoms with Crippen LogP contribution in [-0.2, 0) is 11.3 Å². The van der Waals surface area contributed by atoms with E-state index in [0.29, 0.717) is 6.61 Å². The van der Waals surface area contributed by atoms with Crippen molar-refractivity contribution in [3.05, 3.63) is 42.1 Å². The highest BCUT2D eigenvalue weighted by Crippen LogP contribution is 2.18. The van der Waals surface area contributed by atoms with Crippen LogP contribution in [0.2, 0.25) is 0 Å². The topological polar surface area (TPSA) is 34.1 Å². The normalized spacial score (nSPS) is 17.9. The van der Waals surface area contributed by atoms with E-state index >= 15 is 0 Å². The van der Waals surface area contributed by atoms with Crippen molar-refractivity contribution in [2.75, 3.05) is 13.1 Å². The van der Waals surface area contributed by atoms with E-state index in [1.54, 1.807) is 0 Å². The summed E-state index contributed by atoms with van der Waals surface area (Å²) in [5, 5.41) is 4.40. The molecule has 1 saturated heterocycles. The number of nitrogens with zero attached hydrogens (tertiary/aromatic N) is 1. The fraction of sp³-hybridized carbons (Fsp3) is 0.357. The first-order valence-electron chi connectivity index (χ1n) is 5.95. The van der Waals surface area contributed by atoms with Gasteiger partial charge in [0.15, 0.2) is 0 Å². The van der Waals surface area contributed by atoms with Crippen molar-refractivity contribution in [3.8, 4) is 0 Å². The summed E-state index contributed by atoms with van der Waals surface area (Å²) >= 11 is 0. The number of aromatic nitrogens is 1. The van der Waals surface area contributed by atoms with E-state index in [9.17, 15) is 0 Å². The number of hydrogen-bond acceptors (Lipinski definition) is 3. The Morgan fingerprint density at radius 3 is 2.82 bits per heavy atom. The zero-order valence-electron chi connectivity index (χ0n) is 9.94. The number of pyridine rings is 1. The molecule has 0 amide bonds. The van der Waals surface area contributed by atoms with Gasteiger partial charge in [-0.15, -0.1) is 0 Å². The fourth-order valence-corrected chi connectivity index (χ4v) is 2.02. The van der Waals surface area contributed by atoms with Crippen LogP contribution in [-0.4, -0.2) is 23.7 Å². The molecule has 0 saturated carbocycles. The van der Waals surface area contributed by atoms with Gasteiger partial charge in [-0.3, -0.25) is 4.98 Å². The van der Waals surface area contributed by atoms with Crippen LogP contribution in [0.3, 0.4) is 0 Å². The van der Waals surface area contributed by atoms with E-state index < -0.39 is 0 Å². The molecule has 0 bridgehead atoms. The maximum Gasteiger partial charge on any atom is 0.0907 e. The molecule has 3 heteroatoms. The van der Waals surface area contributed by atoms with Gasteiger partial charge in [0.05, 0.1) is 23.4 Å². The molecule has 2 aromatic rings. The third-order valence-electron chi connectivity index (χ3n) is 3.22. The highest BCUT2D eigenvalue weighted by atomic mass is 16.5. The summed E-state index contributed by atoms with van der Waals surface area (Å²) in [6.07, 6.45) is 0. The van der Waals surface area contributed by atoms with Gasteiger partial charge < -0.3 is 10.1 Å². The Bertz CT molecular complexity index is 534. The summed E-state index contributed by atoms with van der Waals surface area (Å²) in [5.41, 5.74) is 2.02. The molecule has 1 fully saturated rings. The Morgan fingerprint density at radius 2 is 2.06 bits per heavy atom. The number of rotatable bonds is 3. The molecule has 0 spiro atoms. The molecule has 88 valence electrons. The molecule has 1 aliphatic heterocycles. The number of ether oxygens (including phenoxy) is 1. The van der Waals surface area contributed by atoms with Crippen LogP contribution in [0.15, 0.2) is 36.4 Å². The molecule has 1 aromatic carbocycles. The van der Waals surface area contributed by atoms with Crippen molar-refractivity contribution >= 4 is 10.9 Å². The van der Waals surface area contributed by atoms with E-state index in [1.165, 1.54) is 5.39 Å². The maximum absolute atomic E-state index is 5.88. The molecular formula is C14H16N2O. The average Bonchev–Trinajstić information content (AvgIpc) is 2.34. The molecule has 17 heavy (non-hydrogen) atoms. The van der Waals surface area contributed by atoms with Crippen LogP contribution in [0.25, 0.3) is 10.9 Å². The number of nitrogens with one attached hydrogen (secondary N) is 1. The minimum absolute atomic E-state index is 0.00662. The standard InChI is InChI=1S/C14H16N2O/c1-14(9-15-10-14)17-8-12-7-6-11-4-2-3-5-13(11)16-12/h2-7,15H,8-10H2,1H3. The van der Waals surface area contributed by atoms with Gasteiger partial charge in [0.25, 0.3) is 0 Å². The van der Waals surface area contributed by atoms with Crippen LogP contribution in [0.4, 0.5) is 0 Å². The van der Waals surface area contributed by atoms with E-state index in [0.717, 1.165) is 24.3 Å². The number of benzene rings is 1. The second kappa shape index (κ2) is 4.09. The number of fused-ring (bicyclic) bond motifs is 1. The highest BCUT2D eigenvalue weighted by Gasteiger charge is 2.32. The lowest BCUT2D eigenvalue weighted by molar-refractivity contribution is -0.0777. The second-order valence-electron chi connectivity index (χ2n) is 4.84. The van der Waals surface area contributed by atoms with Gasteiger partial charge in [-0.25, -0.2) is 0 Å². The molecule has 0 aliphatic carbocycles. The van der Waals surface area contributed by atoms with Gasteiger partial charge >= 0.3 is 0 Å². The quantitative estimate of drug-likeness (QED) is 0.873. The van der Waals surface area contributed by atoms with Gasteiger partial charge in [-0.1, -0.05) is 24.3 Å². The first-order valence-corrected chi connectivity index (χ1v) is 5.95. The molecule has 0 atom stereocenters. The van der Waals surface area contributed by atoms with E-state index in [2.05, 4.69) is 29.4 Å². The number of hydrogen-bond donors (Lipinski definition) is 1. The minimum atomic E-state index is -0.00662. The lowest BCUT2D eigenvalue weighted by Crippen LogP contribution is -2.58. The molecule has 2 heterocycles. The van der Waals surface area contributed by atoms with Crippen molar-refractivity contribution in [2.24, 2.45) is 0 Å². The molecule has 1 aliphatic rings. The second-order valence-corrected chi connectivity index (χ2v) is 4.84. The van der Waals surface area contributed by atoms with Crippen molar-refractivity contribution < 1.29 is 4.74 Å². The van der Waals surface area contributed by atoms with Crippen LogP contribution < -0.4 is 5.32 Å². The fourth-order valence-electron chi connectivity index (χ4n) is 2.02. The Balaban J connectivity index is 1.76. The van der Waals surface area contributed by atoms with Gasteiger partial charge in [-0.2, -0.15) is 0 Å². The molecule has 1 N–H and O–H groups in total. The molecule has 0 unspecified atom stereocenters. The minimum Gasteiger partial charge on any atom is -0.366 e. The molecule has 0 radical (unpaired) electrons. The summed E-state index contributed by atoms with van der Waals surface area (Å²) in [4.78, 5) is 4.59. The largest absolute Gasteiger partial charge is 0.366 e. The molecule has 3 nitrogen and oxygen atoms in total. The summed E-state index contributed by atoms with van der Waals surface area (Å²) in [6.45, 7) is 4.58. The van der Waals surface area contributed by atoms with Crippen LogP contribution >= 0.6 is 0 Å². The third kappa shape index (κ3) is 2.16. The maximum atomic E-state index is 5.88. The summed E-state index contributed by atoms with van der Waals surface area (Å²) in [6, 6.07) is 12.3. The average molecular weight is 228 g/mol. The summed E-state index contributed by atoms with van der Waals surface area (Å²) < 4.78 is 5.88. The Kier molecular flexibility index (Phi) is 2.57. The molecule has 3 rings (SSSR count). The Labute approximate surface area is 101 Å². The first-order chi connectivity index (χ1) is 8.25. The highest BCUT2D eigenvalue weighted by molar-refractivity contribution is 5.78. The summed E-state index contributed by atoms with van der Waals surface area (Å²) in [5.74, 6) is 0. The van der Waals surface area contributed by atoms with Gasteiger partial charge in [0, 0.05) is 18.5 Å². The van der Waals surface area contributed by atoms with E-state index in [-0.39, 0.29) is 5.60 Å². The zero-order chi connectivity index (χ0) is 11.7. The monoisotopic (exact) mass is 228 g/mol. The van der Waals surface area contributed by atoms with Crippen molar-refractivity contribution in [3.63, 3.8) is 0 Å². The third-order valence-corrected chi connectivity index (χ3v) is 3.22. The van der Waals surface area contributed by atoms with Gasteiger partial charge in [-0.05, 0) is 19.1 Å². The Morgan fingerprint density at radius 1 is 1.24 bits per heavy atom. The van der Waals surface area contributed by atoms with Crippen molar-refractivity contribution in [2.45, 2.75) is 19.1 Å². The predicted octanol–water partition coefficient (Wildman–Crippen LogP) is 2.11. The van der Waals surface area contributed by atoms with Crippen LogP contribution in [0.5, 0.6) is 0 Å².